The zero-order valence-corrected chi connectivity index (χ0v) is 23.2. The van der Waals surface area contributed by atoms with E-state index in [1.54, 1.807) is 28.9 Å². The Morgan fingerprint density at radius 3 is 2.39 bits per heavy atom. The van der Waals surface area contributed by atoms with Crippen molar-refractivity contribution in [2.75, 3.05) is 29.6 Å². The molecule has 0 fully saturated rings. The molecule has 4 aromatic heterocycles. The molecule has 0 atom stereocenters. The fourth-order valence-corrected chi connectivity index (χ4v) is 4.25. The molecule has 4 heterocycles. The topological polar surface area (TPSA) is 127 Å². The van der Waals surface area contributed by atoms with Gasteiger partial charge in [-0.1, -0.05) is 12.1 Å². The first-order valence-corrected chi connectivity index (χ1v) is 13.1. The Bertz CT molecular complexity index is 1920. The second-order valence-corrected chi connectivity index (χ2v) is 9.65. The van der Waals surface area contributed by atoms with Gasteiger partial charge < -0.3 is 20.3 Å². The number of nitrogens with zero attached hydrogens (tertiary/aromatic N) is 8. The first-order chi connectivity index (χ1) is 21.1. The van der Waals surface area contributed by atoms with Crippen LogP contribution in [0.25, 0.3) is 22.5 Å². The Kier molecular flexibility index (Phi) is 7.26. The molecule has 0 aliphatic heterocycles. The van der Waals surface area contributed by atoms with Gasteiger partial charge in [-0.3, -0.25) is 0 Å². The summed E-state index contributed by atoms with van der Waals surface area (Å²) in [7, 11) is 3.84. The number of alkyl halides is 3. The van der Waals surface area contributed by atoms with E-state index in [1.165, 1.54) is 29.5 Å². The highest BCUT2D eigenvalue weighted by atomic mass is 19.4. The van der Waals surface area contributed by atoms with Crippen LogP contribution >= 0.6 is 0 Å². The molecule has 0 saturated carbocycles. The average molecular weight is 601 g/mol. The molecule has 0 unspecified atom stereocenters. The molecule has 0 aliphatic rings. The molecule has 2 aromatic carbocycles. The van der Waals surface area contributed by atoms with Gasteiger partial charge in [-0.2, -0.15) is 23.4 Å². The molecule has 2 amide bonds. The van der Waals surface area contributed by atoms with Crippen LogP contribution < -0.4 is 20.3 Å². The quantitative estimate of drug-likeness (QED) is 0.232. The predicted octanol–water partition coefficient (Wildman–Crippen LogP) is 5.89. The second-order valence-electron chi connectivity index (χ2n) is 9.65. The Morgan fingerprint density at radius 2 is 1.70 bits per heavy atom. The van der Waals surface area contributed by atoms with Gasteiger partial charge >= 0.3 is 18.2 Å². The first-order valence-electron chi connectivity index (χ1n) is 13.1. The number of ether oxygens (including phenoxy) is 1. The third-order valence-electron chi connectivity index (χ3n) is 6.40. The van der Waals surface area contributed by atoms with Crippen molar-refractivity contribution in [3.8, 4) is 28.6 Å². The van der Waals surface area contributed by atoms with Crippen LogP contribution in [0.15, 0.2) is 91.8 Å². The molecule has 44 heavy (non-hydrogen) atoms. The molecule has 0 radical (unpaired) electrons. The Labute approximate surface area is 247 Å². The number of urea groups is 1. The zero-order chi connectivity index (χ0) is 30.8. The molecular formula is C29H23F3N10O2. The van der Waals surface area contributed by atoms with E-state index in [4.69, 9.17) is 4.74 Å². The Hall–Kier alpha value is -5.99. The smallest absolute Gasteiger partial charge is 0.416 e. The lowest BCUT2D eigenvalue weighted by Crippen LogP contribution is -2.21. The van der Waals surface area contributed by atoms with E-state index < -0.39 is 17.8 Å². The van der Waals surface area contributed by atoms with Gasteiger partial charge in [0.15, 0.2) is 5.65 Å². The van der Waals surface area contributed by atoms with E-state index in [0.717, 1.165) is 40.8 Å². The summed E-state index contributed by atoms with van der Waals surface area (Å²) in [6.07, 6.45) is 4.60. The van der Waals surface area contributed by atoms with Crippen molar-refractivity contribution in [2.45, 2.75) is 6.18 Å². The lowest BCUT2D eigenvalue weighted by atomic mass is 10.1. The number of hydrogen-bond acceptors (Lipinski definition) is 8. The van der Waals surface area contributed by atoms with Crippen molar-refractivity contribution in [1.82, 2.24) is 34.3 Å². The predicted molar refractivity (Wildman–Crippen MR) is 156 cm³/mol. The van der Waals surface area contributed by atoms with Crippen LogP contribution in [0, 0.1) is 0 Å². The minimum Gasteiger partial charge on any atom is -0.424 e. The SMILES string of the molecule is CN(C)c1ccn2ncc(-c3ccc(Oc4ncc(NC(=O)Nc5ccc(C(F)(F)F)cc5-n5cccn5)cn4)cc3)c2n1. The van der Waals surface area contributed by atoms with E-state index in [0.29, 0.717) is 5.75 Å². The highest BCUT2D eigenvalue weighted by Crippen LogP contribution is 2.33. The van der Waals surface area contributed by atoms with E-state index in [2.05, 4.69) is 35.8 Å². The molecule has 222 valence electrons. The minimum absolute atomic E-state index is 0.0423. The number of amides is 2. The lowest BCUT2D eigenvalue weighted by Gasteiger charge is -2.15. The van der Waals surface area contributed by atoms with Crippen LogP contribution in [0.3, 0.4) is 0 Å². The van der Waals surface area contributed by atoms with Gasteiger partial charge in [0, 0.05) is 38.2 Å². The van der Waals surface area contributed by atoms with Crippen LogP contribution in [-0.4, -0.2) is 54.5 Å². The molecule has 0 spiro atoms. The maximum atomic E-state index is 13.3. The molecule has 2 N–H and O–H groups in total. The van der Waals surface area contributed by atoms with Crippen molar-refractivity contribution in [1.29, 1.82) is 0 Å². The molecule has 6 aromatic rings. The summed E-state index contributed by atoms with van der Waals surface area (Å²) in [5.74, 6) is 1.30. The summed E-state index contributed by atoms with van der Waals surface area (Å²) in [4.78, 5) is 27.5. The van der Waals surface area contributed by atoms with Crippen molar-refractivity contribution in [3.63, 3.8) is 0 Å². The summed E-state index contributed by atoms with van der Waals surface area (Å²) in [5, 5.41) is 13.4. The van der Waals surface area contributed by atoms with Crippen molar-refractivity contribution in [2.24, 2.45) is 0 Å². The number of carbonyl (C=O) groups is 1. The van der Waals surface area contributed by atoms with Crippen LogP contribution in [0.1, 0.15) is 5.56 Å². The summed E-state index contributed by atoms with van der Waals surface area (Å²) >= 11 is 0. The number of fused-ring (bicyclic) bond motifs is 1. The van der Waals surface area contributed by atoms with Crippen molar-refractivity contribution in [3.05, 3.63) is 97.3 Å². The van der Waals surface area contributed by atoms with Crippen molar-refractivity contribution >= 4 is 28.9 Å². The van der Waals surface area contributed by atoms with Crippen LogP contribution in [-0.2, 0) is 6.18 Å². The Morgan fingerprint density at radius 1 is 0.932 bits per heavy atom. The molecule has 15 heteroatoms. The van der Waals surface area contributed by atoms with Gasteiger partial charge in [0.25, 0.3) is 0 Å². The van der Waals surface area contributed by atoms with Crippen molar-refractivity contribution < 1.29 is 22.7 Å². The summed E-state index contributed by atoms with van der Waals surface area (Å²) in [6, 6.07) is 13.0. The van der Waals surface area contributed by atoms with Gasteiger partial charge in [-0.05, 0) is 48.0 Å². The number of carbonyl (C=O) groups excluding carboxylic acids is 1. The highest BCUT2D eigenvalue weighted by molar-refractivity contribution is 6.00. The van der Waals surface area contributed by atoms with Gasteiger partial charge in [0.1, 0.15) is 11.6 Å². The van der Waals surface area contributed by atoms with Crippen LogP contribution in [0.4, 0.5) is 35.2 Å². The number of halogens is 3. The fraction of sp³-hybridized carbons (Fsp3) is 0.103. The third-order valence-corrected chi connectivity index (χ3v) is 6.40. The number of nitrogens with one attached hydrogen (secondary N) is 2. The third kappa shape index (κ3) is 5.97. The summed E-state index contributed by atoms with van der Waals surface area (Å²) in [6.45, 7) is 0. The number of aromatic nitrogens is 7. The van der Waals surface area contributed by atoms with Gasteiger partial charge in [0.2, 0.25) is 0 Å². The van der Waals surface area contributed by atoms with Gasteiger partial charge in [-0.25, -0.2) is 28.9 Å². The number of anilines is 3. The average Bonchev–Trinajstić information content (AvgIpc) is 3.69. The monoisotopic (exact) mass is 600 g/mol. The normalized spacial score (nSPS) is 11.4. The molecule has 0 aliphatic carbocycles. The molecule has 0 saturated heterocycles. The van der Waals surface area contributed by atoms with Gasteiger partial charge in [-0.15, -0.1) is 0 Å². The van der Waals surface area contributed by atoms with E-state index >= 15 is 0 Å². The molecular weight excluding hydrogens is 577 g/mol. The largest absolute Gasteiger partial charge is 0.424 e. The fourth-order valence-electron chi connectivity index (χ4n) is 4.25. The highest BCUT2D eigenvalue weighted by Gasteiger charge is 2.31. The van der Waals surface area contributed by atoms with Gasteiger partial charge in [0.05, 0.1) is 41.2 Å². The molecule has 6 rings (SSSR count). The standard InChI is InChI=1S/C29H23F3N10O2/c1-40(2)25-10-13-42-26(39-25)22(17-36-42)18-4-7-21(8-5-18)44-28-33-15-20(16-34-28)37-27(43)38-23-9-6-19(29(30,31)32)14-24(23)41-12-3-11-35-41/h3-17H,1-2H3,(H2,37,38,43). The maximum Gasteiger partial charge on any atom is 0.416 e. The zero-order valence-electron chi connectivity index (χ0n) is 23.2. The van der Waals surface area contributed by atoms with Crippen LogP contribution in [0.2, 0.25) is 0 Å². The van der Waals surface area contributed by atoms with E-state index in [9.17, 15) is 18.0 Å². The molecule has 12 nitrogen and oxygen atoms in total. The van der Waals surface area contributed by atoms with E-state index in [-0.39, 0.29) is 23.1 Å². The number of rotatable bonds is 7. The second kappa shape index (κ2) is 11.4. The Balaban J connectivity index is 1.11. The number of benzene rings is 2. The minimum atomic E-state index is -4.56. The van der Waals surface area contributed by atoms with Crippen LogP contribution in [0.5, 0.6) is 11.8 Å². The first kappa shape index (κ1) is 28.1. The summed E-state index contributed by atoms with van der Waals surface area (Å²) < 4.78 is 48.5. The number of hydrogen-bond donors (Lipinski definition) is 2. The lowest BCUT2D eigenvalue weighted by molar-refractivity contribution is -0.137. The van der Waals surface area contributed by atoms with E-state index in [1.807, 2.05) is 43.4 Å². The maximum absolute atomic E-state index is 13.3. The molecule has 0 bridgehead atoms. The summed E-state index contributed by atoms with van der Waals surface area (Å²) in [5.41, 5.74) is 1.98.